The Bertz CT molecular complexity index is 567. The maximum Gasteiger partial charge on any atom is 0.417 e. The highest BCUT2D eigenvalue weighted by molar-refractivity contribution is 5.32. The molecule has 0 atom stereocenters. The number of hydrogen-bond donors (Lipinski definition) is 0. The summed E-state index contributed by atoms with van der Waals surface area (Å²) in [6.45, 7) is 5.62. The van der Waals surface area contributed by atoms with Crippen LogP contribution in [0.5, 0.6) is 0 Å². The average molecular weight is 255 g/mol. The molecule has 0 unspecified atom stereocenters. The van der Waals surface area contributed by atoms with E-state index in [1.165, 1.54) is 6.07 Å². The molecule has 0 amide bonds. The van der Waals surface area contributed by atoms with Gasteiger partial charge in [0, 0.05) is 11.9 Å². The van der Waals surface area contributed by atoms with E-state index < -0.39 is 11.7 Å². The Morgan fingerprint density at radius 2 is 1.78 bits per heavy atom. The van der Waals surface area contributed by atoms with Crippen LogP contribution in [0.25, 0.3) is 5.82 Å². The van der Waals surface area contributed by atoms with Gasteiger partial charge in [0.15, 0.2) is 5.82 Å². The van der Waals surface area contributed by atoms with Gasteiger partial charge in [-0.2, -0.15) is 18.3 Å². The van der Waals surface area contributed by atoms with Crippen molar-refractivity contribution < 1.29 is 13.2 Å². The van der Waals surface area contributed by atoms with Gasteiger partial charge in [0.05, 0.1) is 11.3 Å². The van der Waals surface area contributed by atoms with Crippen molar-refractivity contribution >= 4 is 0 Å². The van der Waals surface area contributed by atoms with Gasteiger partial charge in [-0.05, 0) is 38.5 Å². The van der Waals surface area contributed by atoms with Crippen LogP contribution in [0.4, 0.5) is 13.2 Å². The smallest absolute Gasteiger partial charge is 0.236 e. The first kappa shape index (κ1) is 12.6. The first-order valence-corrected chi connectivity index (χ1v) is 5.37. The average Bonchev–Trinajstić information content (AvgIpc) is 2.56. The fourth-order valence-corrected chi connectivity index (χ4v) is 1.62. The van der Waals surface area contributed by atoms with Gasteiger partial charge in [-0.3, -0.25) is 0 Å². The Balaban J connectivity index is 2.44. The molecular weight excluding hydrogens is 243 g/mol. The molecule has 0 bridgehead atoms. The lowest BCUT2D eigenvalue weighted by Crippen LogP contribution is -2.08. The van der Waals surface area contributed by atoms with Crippen LogP contribution >= 0.6 is 0 Å². The Morgan fingerprint density at radius 3 is 2.17 bits per heavy atom. The van der Waals surface area contributed by atoms with Crippen LogP contribution in [-0.4, -0.2) is 14.8 Å². The molecule has 0 aliphatic carbocycles. The van der Waals surface area contributed by atoms with Crippen molar-refractivity contribution in [3.63, 3.8) is 0 Å². The molecule has 18 heavy (non-hydrogen) atoms. The number of hydrogen-bond acceptors (Lipinski definition) is 2. The second-order valence-corrected chi connectivity index (χ2v) is 4.11. The summed E-state index contributed by atoms with van der Waals surface area (Å²) in [6.07, 6.45) is -3.54. The molecule has 0 aliphatic rings. The maximum absolute atomic E-state index is 12.4. The van der Waals surface area contributed by atoms with E-state index in [0.29, 0.717) is 5.82 Å². The van der Waals surface area contributed by atoms with Crippen LogP contribution in [0.3, 0.4) is 0 Å². The largest absolute Gasteiger partial charge is 0.417 e. The highest BCUT2D eigenvalue weighted by atomic mass is 19.4. The molecule has 0 spiro atoms. The van der Waals surface area contributed by atoms with Gasteiger partial charge < -0.3 is 0 Å². The zero-order chi connectivity index (χ0) is 13.5. The molecular formula is C12H12F3N3. The lowest BCUT2D eigenvalue weighted by atomic mass is 10.2. The van der Waals surface area contributed by atoms with Crippen molar-refractivity contribution in [1.29, 1.82) is 0 Å². The molecule has 0 aromatic carbocycles. The zero-order valence-corrected chi connectivity index (χ0v) is 10.2. The first-order chi connectivity index (χ1) is 8.30. The second kappa shape index (κ2) is 4.12. The van der Waals surface area contributed by atoms with Gasteiger partial charge in [-0.25, -0.2) is 9.67 Å². The lowest BCUT2D eigenvalue weighted by molar-refractivity contribution is -0.137. The third-order valence-corrected chi connectivity index (χ3v) is 2.95. The topological polar surface area (TPSA) is 30.7 Å². The Hall–Kier alpha value is -1.85. The predicted octanol–water partition coefficient (Wildman–Crippen LogP) is 3.21. The van der Waals surface area contributed by atoms with Crippen molar-refractivity contribution in [3.8, 4) is 5.82 Å². The Labute approximate surface area is 102 Å². The van der Waals surface area contributed by atoms with Crippen LogP contribution < -0.4 is 0 Å². The van der Waals surface area contributed by atoms with E-state index in [1.807, 2.05) is 20.8 Å². The van der Waals surface area contributed by atoms with Gasteiger partial charge in [0.2, 0.25) is 0 Å². The van der Waals surface area contributed by atoms with Crippen LogP contribution in [-0.2, 0) is 6.18 Å². The second-order valence-electron chi connectivity index (χ2n) is 4.11. The monoisotopic (exact) mass is 255 g/mol. The third kappa shape index (κ3) is 2.10. The molecule has 3 nitrogen and oxygen atoms in total. The summed E-state index contributed by atoms with van der Waals surface area (Å²) in [4.78, 5) is 3.81. The summed E-state index contributed by atoms with van der Waals surface area (Å²) < 4.78 is 38.8. The summed E-state index contributed by atoms with van der Waals surface area (Å²) in [5.74, 6) is 0.386. The molecule has 0 saturated carbocycles. The van der Waals surface area contributed by atoms with Crippen molar-refractivity contribution in [1.82, 2.24) is 14.8 Å². The maximum atomic E-state index is 12.4. The minimum atomic E-state index is -4.36. The van der Waals surface area contributed by atoms with Crippen molar-refractivity contribution in [2.45, 2.75) is 26.9 Å². The van der Waals surface area contributed by atoms with Crippen molar-refractivity contribution in [2.75, 3.05) is 0 Å². The normalized spacial score (nSPS) is 11.9. The van der Waals surface area contributed by atoms with E-state index in [2.05, 4.69) is 10.1 Å². The Morgan fingerprint density at radius 1 is 1.11 bits per heavy atom. The molecule has 2 aromatic heterocycles. The fraction of sp³-hybridized carbons (Fsp3) is 0.333. The summed E-state index contributed by atoms with van der Waals surface area (Å²) in [5.41, 5.74) is 1.97. The number of rotatable bonds is 1. The number of aryl methyl sites for hydroxylation is 1. The van der Waals surface area contributed by atoms with E-state index in [4.69, 9.17) is 0 Å². The van der Waals surface area contributed by atoms with Gasteiger partial charge >= 0.3 is 6.18 Å². The fourth-order valence-electron chi connectivity index (χ4n) is 1.62. The van der Waals surface area contributed by atoms with E-state index in [9.17, 15) is 13.2 Å². The molecule has 0 fully saturated rings. The SMILES string of the molecule is Cc1nn(-c2ccc(C(F)(F)F)cn2)c(C)c1C. The van der Waals surface area contributed by atoms with E-state index >= 15 is 0 Å². The van der Waals surface area contributed by atoms with Crippen LogP contribution in [0.2, 0.25) is 0 Å². The van der Waals surface area contributed by atoms with Crippen LogP contribution in [0.1, 0.15) is 22.5 Å². The van der Waals surface area contributed by atoms with Crippen molar-refractivity contribution in [3.05, 3.63) is 40.8 Å². The standard InChI is InChI=1S/C12H12F3N3/c1-7-8(2)17-18(9(7)3)11-5-4-10(6-16-11)12(13,14)15/h4-6H,1-3H3. The zero-order valence-electron chi connectivity index (χ0n) is 10.2. The van der Waals surface area contributed by atoms with Crippen molar-refractivity contribution in [2.24, 2.45) is 0 Å². The molecule has 2 rings (SSSR count). The van der Waals surface area contributed by atoms with Crippen LogP contribution in [0, 0.1) is 20.8 Å². The summed E-state index contributed by atoms with van der Waals surface area (Å²) in [5, 5.41) is 4.24. The van der Waals surface area contributed by atoms with Gasteiger partial charge in [-0.15, -0.1) is 0 Å². The number of pyridine rings is 1. The summed E-state index contributed by atoms with van der Waals surface area (Å²) in [7, 11) is 0. The summed E-state index contributed by atoms with van der Waals surface area (Å²) in [6, 6.07) is 2.33. The molecule has 0 N–H and O–H groups in total. The molecule has 0 aliphatic heterocycles. The third-order valence-electron chi connectivity index (χ3n) is 2.95. The molecule has 6 heteroatoms. The van der Waals surface area contributed by atoms with Gasteiger partial charge in [0.1, 0.15) is 0 Å². The van der Waals surface area contributed by atoms with E-state index in [1.54, 1.807) is 4.68 Å². The molecule has 2 heterocycles. The highest BCUT2D eigenvalue weighted by Gasteiger charge is 2.30. The molecule has 2 aromatic rings. The Kier molecular flexibility index (Phi) is 2.88. The van der Waals surface area contributed by atoms with E-state index in [-0.39, 0.29) is 0 Å². The van der Waals surface area contributed by atoms with E-state index in [0.717, 1.165) is 29.2 Å². The van der Waals surface area contributed by atoms with Gasteiger partial charge in [-0.1, -0.05) is 0 Å². The number of halogens is 3. The molecule has 96 valence electrons. The summed E-state index contributed by atoms with van der Waals surface area (Å²) >= 11 is 0. The number of nitrogens with zero attached hydrogens (tertiary/aromatic N) is 3. The number of alkyl halides is 3. The molecule has 0 saturated heterocycles. The number of aromatic nitrogens is 3. The minimum Gasteiger partial charge on any atom is -0.236 e. The quantitative estimate of drug-likeness (QED) is 0.783. The minimum absolute atomic E-state index is 0.386. The first-order valence-electron chi connectivity index (χ1n) is 5.37. The van der Waals surface area contributed by atoms with Gasteiger partial charge in [0.25, 0.3) is 0 Å². The highest BCUT2D eigenvalue weighted by Crippen LogP contribution is 2.28. The van der Waals surface area contributed by atoms with Crippen LogP contribution in [0.15, 0.2) is 18.3 Å². The molecule has 0 radical (unpaired) electrons. The lowest BCUT2D eigenvalue weighted by Gasteiger charge is -2.07. The predicted molar refractivity (Wildman–Crippen MR) is 60.6 cm³/mol.